The van der Waals surface area contributed by atoms with Crippen molar-refractivity contribution in [1.82, 2.24) is 9.88 Å². The quantitative estimate of drug-likeness (QED) is 0.348. The van der Waals surface area contributed by atoms with Crippen LogP contribution in [0.4, 0.5) is 27.6 Å². The van der Waals surface area contributed by atoms with Crippen molar-refractivity contribution >= 4 is 28.5 Å². The second kappa shape index (κ2) is 12.2. The minimum absolute atomic E-state index is 0.00599. The van der Waals surface area contributed by atoms with Gasteiger partial charge in [-0.05, 0) is 49.1 Å². The number of nitrogens with zero attached hydrogens (tertiary/aromatic N) is 2. The fourth-order valence-corrected chi connectivity index (χ4v) is 5.09. The summed E-state index contributed by atoms with van der Waals surface area (Å²) in [5.74, 6) is -3.68. The number of fused-ring (bicyclic) bond motifs is 1. The van der Waals surface area contributed by atoms with E-state index in [4.69, 9.17) is 4.74 Å². The number of aliphatic carboxylic acids is 1. The lowest BCUT2D eigenvalue weighted by Crippen LogP contribution is -2.37. The summed E-state index contributed by atoms with van der Waals surface area (Å²) in [6, 6.07) is 4.52. The number of aryl methyl sites for hydroxylation is 2. The zero-order valence-corrected chi connectivity index (χ0v) is 22.7. The molecule has 0 unspecified atom stereocenters. The predicted molar refractivity (Wildman–Crippen MR) is 142 cm³/mol. The highest BCUT2D eigenvalue weighted by molar-refractivity contribution is 5.99. The number of carbonyl (C=O) groups is 2. The van der Waals surface area contributed by atoms with Crippen LogP contribution in [0.2, 0.25) is 0 Å². The number of hydrogen-bond acceptors (Lipinski definition) is 6. The fourth-order valence-electron chi connectivity index (χ4n) is 5.09. The van der Waals surface area contributed by atoms with Gasteiger partial charge in [0.15, 0.2) is 11.6 Å². The summed E-state index contributed by atoms with van der Waals surface area (Å²) < 4.78 is 77.3. The molecule has 1 aromatic heterocycles. The molecule has 0 aliphatic carbocycles. The van der Waals surface area contributed by atoms with E-state index < -0.39 is 53.4 Å². The van der Waals surface area contributed by atoms with Crippen molar-refractivity contribution in [3.63, 3.8) is 0 Å². The second-order valence-corrected chi connectivity index (χ2v) is 9.81. The van der Waals surface area contributed by atoms with Crippen LogP contribution in [0.3, 0.4) is 0 Å². The molecule has 0 saturated carbocycles. The zero-order chi connectivity index (χ0) is 30.8. The number of amides is 1. The maximum absolute atomic E-state index is 15.5. The number of ether oxygens (including phenoxy) is 2. The number of methoxy groups -OCH3 is 1. The Kier molecular flexibility index (Phi) is 8.92. The molecule has 2 N–H and O–H groups in total. The van der Waals surface area contributed by atoms with E-state index in [-0.39, 0.29) is 61.4 Å². The normalized spacial score (nSPS) is 14.2. The topological polar surface area (TPSA) is 110 Å². The summed E-state index contributed by atoms with van der Waals surface area (Å²) in [7, 11) is 1.26. The van der Waals surface area contributed by atoms with E-state index in [1.54, 1.807) is 4.90 Å². The standard InChI is InChI=1S/C28H28F5N3O6/c1-15-11-18(42-28(31,32)33)4-3-17(15)13-34-26(38)20-14-36(10-7-29)22-19(24(20)37)12-21(30)23(25(22)41-2)35-8-5-16(6-9-35)27(39)40/h3-4,11-12,14,16H,5-10,13H2,1-2H3,(H,34,38)(H,39,40). The Bertz CT molecular complexity index is 1560. The van der Waals surface area contributed by atoms with Gasteiger partial charge in [0.25, 0.3) is 5.91 Å². The number of pyridine rings is 1. The molecule has 4 rings (SSSR count). The molecule has 14 heteroatoms. The molecule has 1 aliphatic rings. The number of carboxylic acid groups (broad SMARTS) is 1. The smallest absolute Gasteiger partial charge is 0.492 e. The number of benzene rings is 2. The maximum atomic E-state index is 15.5. The fraction of sp³-hybridized carbons (Fsp3) is 0.393. The minimum atomic E-state index is -4.86. The van der Waals surface area contributed by atoms with Gasteiger partial charge in [0.1, 0.15) is 23.7 Å². The molecule has 3 aromatic rings. The molecule has 0 spiro atoms. The third-order valence-corrected chi connectivity index (χ3v) is 7.17. The number of rotatable bonds is 9. The van der Waals surface area contributed by atoms with Crippen molar-refractivity contribution in [3.8, 4) is 11.5 Å². The molecule has 1 aliphatic heterocycles. The van der Waals surface area contributed by atoms with Crippen molar-refractivity contribution < 1.29 is 46.1 Å². The zero-order valence-electron chi connectivity index (χ0n) is 22.7. The van der Waals surface area contributed by atoms with Gasteiger partial charge in [-0.1, -0.05) is 6.07 Å². The third kappa shape index (κ3) is 6.42. The number of hydrogen-bond donors (Lipinski definition) is 2. The highest BCUT2D eigenvalue weighted by atomic mass is 19.4. The summed E-state index contributed by atoms with van der Waals surface area (Å²) in [5, 5.41) is 11.6. The summed E-state index contributed by atoms with van der Waals surface area (Å²) in [4.78, 5) is 39.4. The third-order valence-electron chi connectivity index (χ3n) is 7.17. The van der Waals surface area contributed by atoms with Crippen molar-refractivity contribution in [1.29, 1.82) is 0 Å². The summed E-state index contributed by atoms with van der Waals surface area (Å²) in [5.41, 5.74) is -0.321. The number of piperidine rings is 1. The molecule has 2 heterocycles. The molecule has 42 heavy (non-hydrogen) atoms. The monoisotopic (exact) mass is 597 g/mol. The van der Waals surface area contributed by atoms with Gasteiger partial charge in [-0.3, -0.25) is 14.4 Å². The first-order valence-electron chi connectivity index (χ1n) is 13.0. The molecule has 0 atom stereocenters. The van der Waals surface area contributed by atoms with E-state index in [1.807, 2.05) is 0 Å². The van der Waals surface area contributed by atoms with Crippen molar-refractivity contribution in [2.75, 3.05) is 31.8 Å². The van der Waals surface area contributed by atoms with Crippen LogP contribution >= 0.6 is 0 Å². The van der Waals surface area contributed by atoms with Crippen molar-refractivity contribution in [2.45, 2.75) is 39.2 Å². The van der Waals surface area contributed by atoms with Gasteiger partial charge in [-0.15, -0.1) is 13.2 Å². The number of alkyl halides is 4. The van der Waals surface area contributed by atoms with Crippen molar-refractivity contribution in [3.05, 3.63) is 63.2 Å². The van der Waals surface area contributed by atoms with E-state index in [2.05, 4.69) is 10.1 Å². The molecular formula is C28H28F5N3O6. The van der Waals surface area contributed by atoms with E-state index in [9.17, 15) is 37.1 Å². The molecule has 0 bridgehead atoms. The van der Waals surface area contributed by atoms with Crippen LogP contribution in [0.1, 0.15) is 34.3 Å². The van der Waals surface area contributed by atoms with Gasteiger partial charge in [0.05, 0.1) is 30.5 Å². The van der Waals surface area contributed by atoms with Crippen LogP contribution in [0.15, 0.2) is 35.3 Å². The lowest BCUT2D eigenvalue weighted by atomic mass is 9.96. The number of halogens is 5. The Morgan fingerprint density at radius 3 is 2.43 bits per heavy atom. The first kappa shape index (κ1) is 30.6. The molecule has 2 aromatic carbocycles. The van der Waals surface area contributed by atoms with Crippen LogP contribution < -0.4 is 25.1 Å². The van der Waals surface area contributed by atoms with Crippen LogP contribution in [-0.4, -0.2) is 54.8 Å². The van der Waals surface area contributed by atoms with Crippen molar-refractivity contribution in [2.24, 2.45) is 5.92 Å². The SMILES string of the molecule is COc1c(N2CCC(C(=O)O)CC2)c(F)cc2c(=O)c(C(=O)NCc3ccc(OC(F)(F)F)cc3C)cn(CCF)c12. The largest absolute Gasteiger partial charge is 0.573 e. The summed E-state index contributed by atoms with van der Waals surface area (Å²) in [6.07, 6.45) is -3.18. The Hall–Kier alpha value is -4.36. The Morgan fingerprint density at radius 1 is 1.17 bits per heavy atom. The first-order valence-corrected chi connectivity index (χ1v) is 13.0. The Labute approximate surface area is 236 Å². The van der Waals surface area contributed by atoms with Gasteiger partial charge in [0, 0.05) is 25.8 Å². The lowest BCUT2D eigenvalue weighted by Gasteiger charge is -2.33. The van der Waals surface area contributed by atoms with E-state index in [1.165, 1.54) is 24.7 Å². The van der Waals surface area contributed by atoms with E-state index >= 15 is 4.39 Å². The molecule has 226 valence electrons. The average molecular weight is 598 g/mol. The van der Waals surface area contributed by atoms with Gasteiger partial charge >= 0.3 is 12.3 Å². The first-order chi connectivity index (χ1) is 19.8. The van der Waals surface area contributed by atoms with E-state index in [0.29, 0.717) is 11.1 Å². The summed E-state index contributed by atoms with van der Waals surface area (Å²) >= 11 is 0. The average Bonchev–Trinajstić information content (AvgIpc) is 2.92. The van der Waals surface area contributed by atoms with Gasteiger partial charge in [0.2, 0.25) is 5.43 Å². The second-order valence-electron chi connectivity index (χ2n) is 9.81. The maximum Gasteiger partial charge on any atom is 0.573 e. The van der Waals surface area contributed by atoms with Crippen LogP contribution in [0.25, 0.3) is 10.9 Å². The molecule has 1 fully saturated rings. The van der Waals surface area contributed by atoms with Crippen LogP contribution in [0.5, 0.6) is 11.5 Å². The number of carbonyl (C=O) groups excluding carboxylic acids is 1. The number of carboxylic acids is 1. The molecule has 0 radical (unpaired) electrons. The minimum Gasteiger partial charge on any atom is -0.492 e. The van der Waals surface area contributed by atoms with Crippen LogP contribution in [-0.2, 0) is 17.9 Å². The number of aromatic nitrogens is 1. The predicted octanol–water partition coefficient (Wildman–Crippen LogP) is 4.56. The Morgan fingerprint density at radius 2 is 1.86 bits per heavy atom. The van der Waals surface area contributed by atoms with E-state index in [0.717, 1.165) is 24.4 Å². The number of nitrogens with one attached hydrogen (secondary N) is 1. The molecule has 1 saturated heterocycles. The van der Waals surface area contributed by atoms with Gasteiger partial charge < -0.3 is 29.4 Å². The molecule has 9 nitrogen and oxygen atoms in total. The Balaban J connectivity index is 1.68. The lowest BCUT2D eigenvalue weighted by molar-refractivity contribution is -0.274. The van der Waals surface area contributed by atoms with Crippen LogP contribution in [0, 0.1) is 18.7 Å². The van der Waals surface area contributed by atoms with Gasteiger partial charge in [-0.25, -0.2) is 8.78 Å². The highest BCUT2D eigenvalue weighted by Gasteiger charge is 2.32. The molecule has 1 amide bonds. The summed E-state index contributed by atoms with van der Waals surface area (Å²) in [6.45, 7) is 0.620. The highest BCUT2D eigenvalue weighted by Crippen LogP contribution is 2.40. The molecular weight excluding hydrogens is 569 g/mol. The number of anilines is 1. The van der Waals surface area contributed by atoms with Gasteiger partial charge in [-0.2, -0.15) is 0 Å².